The van der Waals surface area contributed by atoms with Crippen LogP contribution in [0.5, 0.6) is 0 Å². The maximum atomic E-state index is 11.7. The largest absolute Gasteiger partial charge is 0.462 e. The summed E-state index contributed by atoms with van der Waals surface area (Å²) in [6.45, 7) is 4.00. The molecular formula is C13H14ClNO2. The Balaban J connectivity index is 3.29. The number of hydrogen-bond acceptors (Lipinski definition) is 3. The molecule has 0 heterocycles. The van der Waals surface area contributed by atoms with Crippen LogP contribution in [0.25, 0.3) is 0 Å². The summed E-state index contributed by atoms with van der Waals surface area (Å²) < 4.78 is 4.94. The van der Waals surface area contributed by atoms with Gasteiger partial charge in [-0.2, -0.15) is 5.26 Å². The topological polar surface area (TPSA) is 50.1 Å². The molecule has 1 aromatic rings. The van der Waals surface area contributed by atoms with Gasteiger partial charge in [-0.3, -0.25) is 0 Å². The van der Waals surface area contributed by atoms with Crippen molar-refractivity contribution < 1.29 is 9.53 Å². The van der Waals surface area contributed by atoms with Gasteiger partial charge in [-0.05, 0) is 30.5 Å². The maximum absolute atomic E-state index is 11.7. The molecule has 0 aliphatic rings. The Bertz CT molecular complexity index is 463. The van der Waals surface area contributed by atoms with Crippen LogP contribution >= 0.6 is 11.6 Å². The highest BCUT2D eigenvalue weighted by Crippen LogP contribution is 2.20. The Kier molecular flexibility index (Phi) is 4.99. The predicted molar refractivity (Wildman–Crippen MR) is 66.0 cm³/mol. The van der Waals surface area contributed by atoms with Gasteiger partial charge in [0.25, 0.3) is 0 Å². The molecule has 0 unspecified atom stereocenters. The standard InChI is InChI=1S/C13H14ClNO2/c1-3-9-5-10(7-14)12(6-11(9)8-15)13(16)17-4-2/h5-6H,3-4,7H2,1-2H3. The van der Waals surface area contributed by atoms with E-state index in [-0.39, 0.29) is 5.88 Å². The van der Waals surface area contributed by atoms with Crippen LogP contribution in [-0.2, 0) is 17.0 Å². The molecule has 4 heteroatoms. The van der Waals surface area contributed by atoms with E-state index >= 15 is 0 Å². The molecule has 0 saturated carbocycles. The highest BCUT2D eigenvalue weighted by atomic mass is 35.5. The Hall–Kier alpha value is -1.53. The zero-order valence-electron chi connectivity index (χ0n) is 9.92. The fraction of sp³-hybridized carbons (Fsp3) is 0.385. The van der Waals surface area contributed by atoms with E-state index in [4.69, 9.17) is 21.6 Å². The van der Waals surface area contributed by atoms with Gasteiger partial charge in [0.2, 0.25) is 0 Å². The van der Waals surface area contributed by atoms with Crippen LogP contribution in [0.4, 0.5) is 0 Å². The van der Waals surface area contributed by atoms with E-state index in [9.17, 15) is 4.79 Å². The summed E-state index contributed by atoms with van der Waals surface area (Å²) in [4.78, 5) is 11.7. The third-order valence-electron chi connectivity index (χ3n) is 2.47. The van der Waals surface area contributed by atoms with Crippen molar-refractivity contribution in [3.63, 3.8) is 0 Å². The average molecular weight is 252 g/mol. The number of carbonyl (C=O) groups is 1. The van der Waals surface area contributed by atoms with E-state index in [1.807, 2.05) is 6.92 Å². The van der Waals surface area contributed by atoms with Crippen LogP contribution in [0.2, 0.25) is 0 Å². The van der Waals surface area contributed by atoms with E-state index in [2.05, 4.69) is 6.07 Å². The molecule has 0 saturated heterocycles. The SMILES string of the molecule is CCOC(=O)c1cc(C#N)c(CC)cc1CCl. The number of benzene rings is 1. The van der Waals surface area contributed by atoms with Gasteiger partial charge in [0.15, 0.2) is 0 Å². The van der Waals surface area contributed by atoms with Gasteiger partial charge < -0.3 is 4.74 Å². The molecule has 0 spiro atoms. The van der Waals surface area contributed by atoms with E-state index in [0.717, 1.165) is 12.0 Å². The Morgan fingerprint density at radius 2 is 2.12 bits per heavy atom. The molecular weight excluding hydrogens is 238 g/mol. The summed E-state index contributed by atoms with van der Waals surface area (Å²) in [5.74, 6) is -0.199. The van der Waals surface area contributed by atoms with Crippen LogP contribution < -0.4 is 0 Å². The van der Waals surface area contributed by atoms with Crippen molar-refractivity contribution in [1.82, 2.24) is 0 Å². The lowest BCUT2D eigenvalue weighted by Crippen LogP contribution is -2.09. The quantitative estimate of drug-likeness (QED) is 0.610. The van der Waals surface area contributed by atoms with Crippen molar-refractivity contribution in [2.45, 2.75) is 26.1 Å². The van der Waals surface area contributed by atoms with Crippen LogP contribution in [0.15, 0.2) is 12.1 Å². The number of halogens is 1. The van der Waals surface area contributed by atoms with E-state index in [1.165, 1.54) is 0 Å². The highest BCUT2D eigenvalue weighted by molar-refractivity contribution is 6.17. The maximum Gasteiger partial charge on any atom is 0.338 e. The van der Waals surface area contributed by atoms with Gasteiger partial charge in [0.1, 0.15) is 0 Å². The second kappa shape index (κ2) is 6.27. The Labute approximate surface area is 106 Å². The average Bonchev–Trinajstić information content (AvgIpc) is 2.37. The molecule has 0 fully saturated rings. The van der Waals surface area contributed by atoms with Crippen molar-refractivity contribution in [2.24, 2.45) is 0 Å². The molecule has 0 radical (unpaired) electrons. The van der Waals surface area contributed by atoms with Gasteiger partial charge in [0, 0.05) is 5.88 Å². The minimum Gasteiger partial charge on any atom is -0.462 e. The summed E-state index contributed by atoms with van der Waals surface area (Å²) in [5.41, 5.74) is 2.50. The monoisotopic (exact) mass is 251 g/mol. The van der Waals surface area contributed by atoms with E-state index in [1.54, 1.807) is 19.1 Å². The number of nitrogens with zero attached hydrogens (tertiary/aromatic N) is 1. The number of hydrogen-bond donors (Lipinski definition) is 0. The van der Waals surface area contributed by atoms with Crippen LogP contribution in [0.3, 0.4) is 0 Å². The lowest BCUT2D eigenvalue weighted by atomic mass is 9.98. The second-order valence-electron chi connectivity index (χ2n) is 3.49. The summed E-state index contributed by atoms with van der Waals surface area (Å²) in [6, 6.07) is 5.45. The lowest BCUT2D eigenvalue weighted by molar-refractivity contribution is 0.0525. The Morgan fingerprint density at radius 3 is 2.59 bits per heavy atom. The first-order chi connectivity index (χ1) is 8.17. The Morgan fingerprint density at radius 1 is 1.41 bits per heavy atom. The molecule has 1 rings (SSSR count). The van der Waals surface area contributed by atoms with Crippen molar-refractivity contribution in [2.75, 3.05) is 6.61 Å². The first-order valence-electron chi connectivity index (χ1n) is 5.46. The molecule has 0 bridgehead atoms. The zero-order chi connectivity index (χ0) is 12.8. The van der Waals surface area contributed by atoms with Gasteiger partial charge in [-0.25, -0.2) is 4.79 Å². The minimum absolute atomic E-state index is 0.229. The van der Waals surface area contributed by atoms with Crippen molar-refractivity contribution in [3.05, 3.63) is 34.4 Å². The summed E-state index contributed by atoms with van der Waals surface area (Å²) >= 11 is 5.81. The van der Waals surface area contributed by atoms with Gasteiger partial charge >= 0.3 is 5.97 Å². The molecule has 3 nitrogen and oxygen atoms in total. The number of ether oxygens (including phenoxy) is 1. The molecule has 0 aliphatic heterocycles. The molecule has 0 atom stereocenters. The lowest BCUT2D eigenvalue weighted by Gasteiger charge is -2.10. The molecule has 0 aliphatic carbocycles. The normalized spacial score (nSPS) is 9.76. The number of carbonyl (C=O) groups excluding carboxylic acids is 1. The highest BCUT2D eigenvalue weighted by Gasteiger charge is 2.15. The van der Waals surface area contributed by atoms with Crippen molar-refractivity contribution in [1.29, 1.82) is 5.26 Å². The number of esters is 1. The first kappa shape index (κ1) is 13.5. The molecule has 17 heavy (non-hydrogen) atoms. The zero-order valence-corrected chi connectivity index (χ0v) is 10.7. The molecule has 0 N–H and O–H groups in total. The van der Waals surface area contributed by atoms with Crippen LogP contribution in [0.1, 0.15) is 40.9 Å². The van der Waals surface area contributed by atoms with Crippen LogP contribution in [0, 0.1) is 11.3 Å². The molecule has 90 valence electrons. The fourth-order valence-corrected chi connectivity index (χ4v) is 1.82. The second-order valence-corrected chi connectivity index (χ2v) is 3.75. The molecule has 0 aromatic heterocycles. The van der Waals surface area contributed by atoms with Gasteiger partial charge in [-0.15, -0.1) is 11.6 Å². The molecule has 1 aromatic carbocycles. The minimum atomic E-state index is -0.428. The van der Waals surface area contributed by atoms with Crippen molar-refractivity contribution >= 4 is 17.6 Å². The third-order valence-corrected chi connectivity index (χ3v) is 2.76. The van der Waals surface area contributed by atoms with Crippen molar-refractivity contribution in [3.8, 4) is 6.07 Å². The number of nitriles is 1. The smallest absolute Gasteiger partial charge is 0.338 e. The first-order valence-corrected chi connectivity index (χ1v) is 6.00. The van der Waals surface area contributed by atoms with Crippen LogP contribution in [-0.4, -0.2) is 12.6 Å². The van der Waals surface area contributed by atoms with E-state index < -0.39 is 5.97 Å². The van der Waals surface area contributed by atoms with Gasteiger partial charge in [0.05, 0.1) is 23.8 Å². The number of aryl methyl sites for hydroxylation is 1. The summed E-state index contributed by atoms with van der Waals surface area (Å²) in [6.07, 6.45) is 0.732. The van der Waals surface area contributed by atoms with E-state index in [0.29, 0.717) is 23.3 Å². The molecule has 0 amide bonds. The fourth-order valence-electron chi connectivity index (χ4n) is 1.60. The predicted octanol–water partition coefficient (Wildman–Crippen LogP) is 3.04. The van der Waals surface area contributed by atoms with Gasteiger partial charge in [-0.1, -0.05) is 13.0 Å². The summed E-state index contributed by atoms with van der Waals surface area (Å²) in [7, 11) is 0. The number of alkyl halides is 1. The third kappa shape index (κ3) is 2.98. The summed E-state index contributed by atoms with van der Waals surface area (Å²) in [5, 5.41) is 9.01. The number of rotatable bonds is 4.